The second-order valence-electron chi connectivity index (χ2n) is 10.4. The summed E-state index contributed by atoms with van der Waals surface area (Å²) in [7, 11) is 2.11. The van der Waals surface area contributed by atoms with Crippen LogP contribution in [-0.4, -0.2) is 45.8 Å². The lowest BCUT2D eigenvalue weighted by Gasteiger charge is -2.16. The SMILES string of the molecule is CC#CC(=O)Cc1cc2c(Nc3ccc(OCc4ccccn4)c(Cl)c3)ncnc2cc1C#CC1(C)CCN(C)C1. The lowest BCUT2D eigenvalue weighted by Crippen LogP contribution is -2.20. The van der Waals surface area contributed by atoms with Gasteiger partial charge in [-0.3, -0.25) is 9.78 Å². The van der Waals surface area contributed by atoms with Crippen molar-refractivity contribution >= 4 is 39.8 Å². The van der Waals surface area contributed by atoms with Crippen LogP contribution in [-0.2, 0) is 17.8 Å². The summed E-state index contributed by atoms with van der Waals surface area (Å²) in [4.78, 5) is 28.1. The van der Waals surface area contributed by atoms with Crippen LogP contribution in [0.25, 0.3) is 10.9 Å². The number of anilines is 2. The molecule has 4 aromatic rings. The topological polar surface area (TPSA) is 80.2 Å². The summed E-state index contributed by atoms with van der Waals surface area (Å²) >= 11 is 6.54. The van der Waals surface area contributed by atoms with Crippen molar-refractivity contribution in [1.29, 1.82) is 0 Å². The number of benzene rings is 2. The van der Waals surface area contributed by atoms with Crippen molar-refractivity contribution in [2.45, 2.75) is 33.3 Å². The molecule has 41 heavy (non-hydrogen) atoms. The maximum atomic E-state index is 12.6. The van der Waals surface area contributed by atoms with E-state index in [1.807, 2.05) is 36.4 Å². The molecule has 8 heteroatoms. The van der Waals surface area contributed by atoms with Crippen LogP contribution in [0.5, 0.6) is 5.75 Å². The molecule has 2 aromatic carbocycles. The molecule has 0 saturated carbocycles. The van der Waals surface area contributed by atoms with Crippen molar-refractivity contribution in [2.75, 3.05) is 25.5 Å². The number of Topliss-reactive ketones (excluding diaryl/α,β-unsaturated/α-hetero) is 1. The van der Waals surface area contributed by atoms with Gasteiger partial charge in [-0.05, 0) is 87.8 Å². The zero-order valence-electron chi connectivity index (χ0n) is 23.3. The maximum Gasteiger partial charge on any atom is 0.209 e. The summed E-state index contributed by atoms with van der Waals surface area (Å²) < 4.78 is 5.85. The predicted octanol–water partition coefficient (Wildman–Crippen LogP) is 5.83. The monoisotopic (exact) mass is 563 g/mol. The first kappa shape index (κ1) is 28.1. The molecule has 3 heterocycles. The Hall–Kier alpha value is -4.43. The molecule has 0 spiro atoms. The number of nitrogens with zero attached hydrogens (tertiary/aromatic N) is 4. The first-order valence-electron chi connectivity index (χ1n) is 13.4. The van der Waals surface area contributed by atoms with E-state index in [2.05, 4.69) is 62.8 Å². The highest BCUT2D eigenvalue weighted by atomic mass is 35.5. The van der Waals surface area contributed by atoms with Crippen LogP contribution in [0.3, 0.4) is 0 Å². The minimum atomic E-state index is -0.166. The van der Waals surface area contributed by atoms with Gasteiger partial charge < -0.3 is 15.0 Å². The van der Waals surface area contributed by atoms with Crippen LogP contribution in [0.4, 0.5) is 11.5 Å². The minimum absolute atomic E-state index is 0.0979. The Kier molecular flexibility index (Phi) is 8.50. The molecule has 1 aliphatic heterocycles. The normalized spacial score (nSPS) is 16.4. The Bertz CT molecular complexity index is 1720. The Labute approximate surface area is 245 Å². The Morgan fingerprint density at radius 3 is 2.78 bits per heavy atom. The molecule has 2 aromatic heterocycles. The van der Waals surface area contributed by atoms with E-state index in [0.29, 0.717) is 23.2 Å². The predicted molar refractivity (Wildman–Crippen MR) is 162 cm³/mol. The van der Waals surface area contributed by atoms with Gasteiger partial charge in [0.25, 0.3) is 0 Å². The molecule has 5 rings (SSSR count). The first-order chi connectivity index (χ1) is 19.8. The van der Waals surface area contributed by atoms with Crippen LogP contribution in [0.1, 0.15) is 37.1 Å². The number of hydrogen-bond donors (Lipinski definition) is 1. The zero-order chi connectivity index (χ0) is 28.8. The summed E-state index contributed by atoms with van der Waals surface area (Å²) in [5.41, 5.74) is 3.74. The molecular weight excluding hydrogens is 534 g/mol. The number of ether oxygens (including phenoxy) is 1. The third kappa shape index (κ3) is 7.02. The summed E-state index contributed by atoms with van der Waals surface area (Å²) in [6.07, 6.45) is 4.39. The van der Waals surface area contributed by atoms with Crippen LogP contribution in [0, 0.1) is 29.1 Å². The van der Waals surface area contributed by atoms with Crippen LogP contribution in [0.15, 0.2) is 61.1 Å². The quantitative estimate of drug-likeness (QED) is 0.224. The van der Waals surface area contributed by atoms with Gasteiger partial charge >= 0.3 is 0 Å². The number of rotatable bonds is 7. The smallest absolute Gasteiger partial charge is 0.209 e. The minimum Gasteiger partial charge on any atom is -0.486 e. The molecule has 1 atom stereocenters. The number of fused-ring (bicyclic) bond motifs is 1. The number of carbonyl (C=O) groups is 1. The molecule has 1 saturated heterocycles. The highest BCUT2D eigenvalue weighted by Gasteiger charge is 2.30. The summed E-state index contributed by atoms with van der Waals surface area (Å²) in [5, 5.41) is 4.57. The molecule has 1 unspecified atom stereocenters. The third-order valence-corrected chi connectivity index (χ3v) is 7.23. The van der Waals surface area contributed by atoms with E-state index in [1.54, 1.807) is 25.3 Å². The van der Waals surface area contributed by atoms with E-state index in [0.717, 1.165) is 52.9 Å². The molecule has 0 bridgehead atoms. The second-order valence-corrected chi connectivity index (χ2v) is 10.8. The van der Waals surface area contributed by atoms with E-state index in [1.165, 1.54) is 6.33 Å². The fraction of sp³-hybridized carbons (Fsp3) is 0.273. The van der Waals surface area contributed by atoms with Gasteiger partial charge in [0.05, 0.1) is 16.2 Å². The molecule has 7 nitrogen and oxygen atoms in total. The van der Waals surface area contributed by atoms with Crippen molar-refractivity contribution in [3.63, 3.8) is 0 Å². The number of hydrogen-bond acceptors (Lipinski definition) is 7. The van der Waals surface area contributed by atoms with Crippen LogP contribution >= 0.6 is 11.6 Å². The first-order valence-corrected chi connectivity index (χ1v) is 13.7. The number of pyridine rings is 1. The van der Waals surface area contributed by atoms with Crippen molar-refractivity contribution in [1.82, 2.24) is 19.9 Å². The molecule has 206 valence electrons. The zero-order valence-corrected chi connectivity index (χ0v) is 24.0. The fourth-order valence-corrected chi connectivity index (χ4v) is 5.08. The standard InChI is InChI=1S/C33H30ClN5O2/c1-4-7-27(40)16-24-17-28-30(18-23(24)11-12-33(2)13-15-39(3)21-33)36-22-37-32(28)38-25-9-10-31(29(34)19-25)41-20-26-8-5-6-14-35-26/h5-6,8-10,14,17-19,22H,13,15-16,20-21H2,1-3H3,(H,36,37,38). The van der Waals surface area contributed by atoms with Gasteiger partial charge in [0.1, 0.15) is 24.5 Å². The van der Waals surface area contributed by atoms with Gasteiger partial charge in [0.15, 0.2) is 0 Å². The second kappa shape index (κ2) is 12.4. The third-order valence-electron chi connectivity index (χ3n) is 6.94. The highest BCUT2D eigenvalue weighted by molar-refractivity contribution is 6.32. The summed E-state index contributed by atoms with van der Waals surface area (Å²) in [6, 6.07) is 15.0. The van der Waals surface area contributed by atoms with Crippen molar-refractivity contribution in [3.05, 3.63) is 82.9 Å². The van der Waals surface area contributed by atoms with Gasteiger partial charge in [0, 0.05) is 41.2 Å². The number of aromatic nitrogens is 3. The van der Waals surface area contributed by atoms with E-state index >= 15 is 0 Å². The molecule has 1 fully saturated rings. The summed E-state index contributed by atoms with van der Waals surface area (Å²) in [6.45, 7) is 6.09. The van der Waals surface area contributed by atoms with Gasteiger partial charge in [-0.25, -0.2) is 9.97 Å². The molecule has 1 N–H and O–H groups in total. The number of likely N-dealkylation sites (tertiary alicyclic amines) is 1. The lowest BCUT2D eigenvalue weighted by atomic mass is 9.89. The molecule has 1 aliphatic rings. The van der Waals surface area contributed by atoms with Gasteiger partial charge in [-0.15, -0.1) is 0 Å². The van der Waals surface area contributed by atoms with E-state index in [4.69, 9.17) is 16.3 Å². The van der Waals surface area contributed by atoms with Gasteiger partial charge in [-0.2, -0.15) is 0 Å². The molecule has 0 amide bonds. The Morgan fingerprint density at radius 1 is 1.17 bits per heavy atom. The lowest BCUT2D eigenvalue weighted by molar-refractivity contribution is -0.113. The fourth-order valence-electron chi connectivity index (χ4n) is 4.85. The van der Waals surface area contributed by atoms with Crippen LogP contribution in [0.2, 0.25) is 5.02 Å². The highest BCUT2D eigenvalue weighted by Crippen LogP contribution is 2.32. The largest absolute Gasteiger partial charge is 0.486 e. The van der Waals surface area contributed by atoms with E-state index < -0.39 is 0 Å². The van der Waals surface area contributed by atoms with Crippen LogP contribution < -0.4 is 10.1 Å². The Morgan fingerprint density at radius 2 is 2.05 bits per heavy atom. The van der Waals surface area contributed by atoms with Crippen molar-refractivity contribution in [2.24, 2.45) is 5.41 Å². The van der Waals surface area contributed by atoms with E-state index in [-0.39, 0.29) is 17.6 Å². The van der Waals surface area contributed by atoms with Gasteiger partial charge in [0.2, 0.25) is 5.78 Å². The average molecular weight is 564 g/mol. The molecule has 0 aliphatic carbocycles. The Balaban J connectivity index is 1.44. The number of ketones is 1. The molecular formula is C33H30ClN5O2. The number of halogens is 1. The van der Waals surface area contributed by atoms with Crippen molar-refractivity contribution < 1.29 is 9.53 Å². The maximum absolute atomic E-state index is 12.6. The number of carbonyl (C=O) groups excluding carboxylic acids is 1. The molecule has 0 radical (unpaired) electrons. The van der Waals surface area contributed by atoms with E-state index in [9.17, 15) is 4.79 Å². The average Bonchev–Trinajstić information content (AvgIpc) is 3.30. The van der Waals surface area contributed by atoms with Crippen molar-refractivity contribution in [3.8, 4) is 29.4 Å². The number of nitrogens with one attached hydrogen (secondary N) is 1. The van der Waals surface area contributed by atoms with Gasteiger partial charge in [-0.1, -0.05) is 35.4 Å². The summed E-state index contributed by atoms with van der Waals surface area (Å²) in [5.74, 6) is 13.2.